The maximum atomic E-state index is 12.5. The molecule has 0 radical (unpaired) electrons. The lowest BCUT2D eigenvalue weighted by atomic mass is 10.0. The van der Waals surface area contributed by atoms with Crippen LogP contribution in [0.5, 0.6) is 0 Å². The van der Waals surface area contributed by atoms with Crippen LogP contribution in [0.3, 0.4) is 0 Å². The Morgan fingerprint density at radius 2 is 2.08 bits per heavy atom. The van der Waals surface area contributed by atoms with Gasteiger partial charge in [-0.2, -0.15) is 5.10 Å². The maximum absolute atomic E-state index is 12.5. The van der Waals surface area contributed by atoms with Crippen LogP contribution in [0.2, 0.25) is 0 Å². The lowest BCUT2D eigenvalue weighted by Gasteiger charge is -2.25. The topological polar surface area (TPSA) is 50.2 Å². The largest absolute Gasteiger partial charge is 0.338 e. The summed E-state index contributed by atoms with van der Waals surface area (Å²) in [7, 11) is 0. The van der Waals surface area contributed by atoms with Crippen molar-refractivity contribution in [1.29, 1.82) is 0 Å². The van der Waals surface area contributed by atoms with E-state index in [4.69, 9.17) is 0 Å². The van der Waals surface area contributed by atoms with Crippen LogP contribution < -0.4 is 5.32 Å². The molecular formula is C20H28N4O. The average Bonchev–Trinajstić information content (AvgIpc) is 3.18. The smallest absolute Gasteiger partial charge is 0.317 e. The predicted octanol–water partition coefficient (Wildman–Crippen LogP) is 3.31. The van der Waals surface area contributed by atoms with Gasteiger partial charge in [0.25, 0.3) is 0 Å². The highest BCUT2D eigenvalue weighted by Gasteiger charge is 2.28. The van der Waals surface area contributed by atoms with E-state index in [0.717, 1.165) is 44.5 Å². The summed E-state index contributed by atoms with van der Waals surface area (Å²) in [6.45, 7) is 6.46. The van der Waals surface area contributed by atoms with Crippen LogP contribution in [0.1, 0.15) is 36.2 Å². The molecule has 0 aliphatic carbocycles. The molecule has 1 aliphatic rings. The molecule has 25 heavy (non-hydrogen) atoms. The van der Waals surface area contributed by atoms with Crippen LogP contribution in [-0.4, -0.2) is 39.8 Å². The minimum Gasteiger partial charge on any atom is -0.338 e. The molecule has 3 rings (SSSR count). The van der Waals surface area contributed by atoms with Crippen LogP contribution in [0.4, 0.5) is 4.79 Å². The molecule has 1 aliphatic heterocycles. The Balaban J connectivity index is 1.44. The fraction of sp³-hybridized carbons (Fsp3) is 0.500. The van der Waals surface area contributed by atoms with E-state index in [-0.39, 0.29) is 6.03 Å². The van der Waals surface area contributed by atoms with E-state index in [0.29, 0.717) is 12.6 Å². The van der Waals surface area contributed by atoms with Crippen molar-refractivity contribution < 1.29 is 4.79 Å². The highest BCUT2D eigenvalue weighted by Crippen LogP contribution is 2.21. The molecule has 5 heteroatoms. The van der Waals surface area contributed by atoms with E-state index in [1.807, 2.05) is 22.6 Å². The van der Waals surface area contributed by atoms with Crippen molar-refractivity contribution in [2.45, 2.75) is 52.1 Å². The molecule has 1 atom stereocenters. The summed E-state index contributed by atoms with van der Waals surface area (Å²) >= 11 is 0. The second-order valence-electron chi connectivity index (χ2n) is 6.91. The fourth-order valence-corrected chi connectivity index (χ4v) is 3.63. The lowest BCUT2D eigenvalue weighted by Crippen LogP contribution is -2.44. The molecule has 1 aromatic carbocycles. The van der Waals surface area contributed by atoms with Crippen LogP contribution >= 0.6 is 0 Å². The first-order chi connectivity index (χ1) is 12.1. The van der Waals surface area contributed by atoms with Gasteiger partial charge in [-0.15, -0.1) is 0 Å². The molecule has 1 saturated heterocycles. The highest BCUT2D eigenvalue weighted by molar-refractivity contribution is 5.74. The summed E-state index contributed by atoms with van der Waals surface area (Å²) in [5.74, 6) is 0. The normalized spacial score (nSPS) is 17.0. The Kier molecular flexibility index (Phi) is 5.74. The van der Waals surface area contributed by atoms with Gasteiger partial charge >= 0.3 is 6.03 Å². The van der Waals surface area contributed by atoms with Gasteiger partial charge in [0, 0.05) is 31.4 Å². The van der Waals surface area contributed by atoms with Gasteiger partial charge in [-0.1, -0.05) is 30.3 Å². The number of aromatic nitrogens is 2. The number of carbonyl (C=O) groups is 1. The van der Waals surface area contributed by atoms with Crippen molar-refractivity contribution in [3.8, 4) is 0 Å². The van der Waals surface area contributed by atoms with Crippen molar-refractivity contribution >= 4 is 6.03 Å². The molecule has 2 amide bonds. The third-order valence-electron chi connectivity index (χ3n) is 4.88. The van der Waals surface area contributed by atoms with Crippen LogP contribution in [0, 0.1) is 13.8 Å². The summed E-state index contributed by atoms with van der Waals surface area (Å²) < 4.78 is 2.01. The molecule has 0 spiro atoms. The fourth-order valence-electron chi connectivity index (χ4n) is 3.63. The highest BCUT2D eigenvalue weighted by atomic mass is 16.2. The number of likely N-dealkylation sites (tertiary alicyclic amines) is 1. The minimum absolute atomic E-state index is 0.0757. The van der Waals surface area contributed by atoms with E-state index >= 15 is 0 Å². The van der Waals surface area contributed by atoms with E-state index in [2.05, 4.69) is 47.7 Å². The number of benzene rings is 1. The van der Waals surface area contributed by atoms with Gasteiger partial charge in [-0.25, -0.2) is 4.79 Å². The minimum atomic E-state index is 0.0757. The lowest BCUT2D eigenvalue weighted by molar-refractivity contribution is 0.192. The molecule has 1 N–H and O–H groups in total. The predicted molar refractivity (Wildman–Crippen MR) is 99.6 cm³/mol. The molecule has 2 aromatic rings. The molecule has 1 fully saturated rings. The number of nitrogens with one attached hydrogen (secondary N) is 1. The summed E-state index contributed by atoms with van der Waals surface area (Å²) in [5, 5.41) is 7.54. The van der Waals surface area contributed by atoms with Crippen molar-refractivity contribution in [1.82, 2.24) is 20.0 Å². The Hall–Kier alpha value is -2.30. The molecule has 0 saturated carbocycles. The zero-order valence-electron chi connectivity index (χ0n) is 15.2. The number of aryl methyl sites for hydroxylation is 3. The van der Waals surface area contributed by atoms with Gasteiger partial charge in [0.2, 0.25) is 0 Å². The van der Waals surface area contributed by atoms with Crippen LogP contribution in [0.15, 0.2) is 36.4 Å². The summed E-state index contributed by atoms with van der Waals surface area (Å²) in [6, 6.07) is 12.9. The van der Waals surface area contributed by atoms with Gasteiger partial charge < -0.3 is 10.2 Å². The van der Waals surface area contributed by atoms with Gasteiger partial charge in [-0.3, -0.25) is 4.68 Å². The second-order valence-corrected chi connectivity index (χ2v) is 6.91. The zero-order valence-corrected chi connectivity index (χ0v) is 15.2. The third kappa shape index (κ3) is 4.62. The summed E-state index contributed by atoms with van der Waals surface area (Å²) in [4.78, 5) is 14.5. The number of nitrogens with zero attached hydrogens (tertiary/aromatic N) is 3. The Morgan fingerprint density at radius 1 is 1.28 bits per heavy atom. The van der Waals surface area contributed by atoms with Gasteiger partial charge in [0.05, 0.1) is 5.69 Å². The van der Waals surface area contributed by atoms with E-state index in [9.17, 15) is 4.79 Å². The first kappa shape index (κ1) is 17.5. The van der Waals surface area contributed by atoms with E-state index in [1.165, 1.54) is 11.3 Å². The molecular weight excluding hydrogens is 312 g/mol. The first-order valence-electron chi connectivity index (χ1n) is 9.23. The van der Waals surface area contributed by atoms with Gasteiger partial charge in [0.15, 0.2) is 0 Å². The molecule has 5 nitrogen and oxygen atoms in total. The first-order valence-corrected chi connectivity index (χ1v) is 9.23. The number of amides is 2. The number of rotatable bonds is 6. The Bertz CT molecular complexity index is 695. The quantitative estimate of drug-likeness (QED) is 0.820. The summed E-state index contributed by atoms with van der Waals surface area (Å²) in [6.07, 6.45) is 4.02. The third-order valence-corrected chi connectivity index (χ3v) is 4.88. The molecule has 134 valence electrons. The summed E-state index contributed by atoms with van der Waals surface area (Å²) in [5.41, 5.74) is 3.52. The van der Waals surface area contributed by atoms with E-state index in [1.54, 1.807) is 0 Å². The number of hydrogen-bond donors (Lipinski definition) is 1. The van der Waals surface area contributed by atoms with Crippen molar-refractivity contribution in [3.05, 3.63) is 53.3 Å². The van der Waals surface area contributed by atoms with Crippen molar-refractivity contribution in [2.24, 2.45) is 0 Å². The van der Waals surface area contributed by atoms with E-state index < -0.39 is 0 Å². The monoisotopic (exact) mass is 340 g/mol. The standard InChI is InChI=1S/C20H28N4O/c1-16-14-17(2)24(22-16)13-7-11-21-20(25)23-12-6-10-19(23)15-18-8-4-3-5-9-18/h3-5,8-9,14,19H,6-7,10-13,15H2,1-2H3,(H,21,25). The van der Waals surface area contributed by atoms with Gasteiger partial charge in [-0.05, 0) is 51.2 Å². The zero-order chi connectivity index (χ0) is 17.6. The average molecular weight is 340 g/mol. The molecule has 2 heterocycles. The van der Waals surface area contributed by atoms with Crippen molar-refractivity contribution in [3.63, 3.8) is 0 Å². The molecule has 1 unspecified atom stereocenters. The second kappa shape index (κ2) is 8.19. The number of carbonyl (C=O) groups excluding carboxylic acids is 1. The number of urea groups is 1. The maximum Gasteiger partial charge on any atom is 0.317 e. The van der Waals surface area contributed by atoms with Crippen molar-refractivity contribution in [2.75, 3.05) is 13.1 Å². The number of hydrogen-bond acceptors (Lipinski definition) is 2. The van der Waals surface area contributed by atoms with Crippen LogP contribution in [-0.2, 0) is 13.0 Å². The SMILES string of the molecule is Cc1cc(C)n(CCCNC(=O)N2CCCC2Cc2ccccc2)n1. The van der Waals surface area contributed by atoms with Gasteiger partial charge in [0.1, 0.15) is 0 Å². The van der Waals surface area contributed by atoms with Crippen LogP contribution in [0.25, 0.3) is 0 Å². The molecule has 1 aromatic heterocycles. The molecule has 0 bridgehead atoms. The Morgan fingerprint density at radius 3 is 2.80 bits per heavy atom. The Labute approximate surface area is 150 Å².